The second-order valence-electron chi connectivity index (χ2n) is 7.78. The number of fused-ring (bicyclic) bond motifs is 1. The molecule has 0 N–H and O–H groups in total. The highest BCUT2D eigenvalue weighted by atomic mass is 35.5. The number of benzene rings is 2. The molecule has 2 aromatic carbocycles. The van der Waals surface area contributed by atoms with Gasteiger partial charge in [0.2, 0.25) is 0 Å². The fourth-order valence-electron chi connectivity index (χ4n) is 4.14. The van der Waals surface area contributed by atoms with E-state index in [-0.39, 0.29) is 0 Å². The molecular formula is C23H27Cl2NO3. The van der Waals surface area contributed by atoms with Gasteiger partial charge in [-0.2, -0.15) is 0 Å². The van der Waals surface area contributed by atoms with Crippen molar-refractivity contribution in [2.24, 2.45) is 5.92 Å². The molecule has 0 saturated carbocycles. The molecule has 0 unspecified atom stereocenters. The Morgan fingerprint density at radius 2 is 1.69 bits per heavy atom. The summed E-state index contributed by atoms with van der Waals surface area (Å²) in [6, 6.07) is 9.84. The number of rotatable bonds is 6. The van der Waals surface area contributed by atoms with E-state index < -0.39 is 0 Å². The van der Waals surface area contributed by atoms with E-state index in [1.807, 2.05) is 24.3 Å². The van der Waals surface area contributed by atoms with E-state index in [2.05, 4.69) is 11.0 Å². The first kappa shape index (κ1) is 20.6. The van der Waals surface area contributed by atoms with Crippen LogP contribution < -0.4 is 14.2 Å². The fraction of sp³-hybridized carbons (Fsp3) is 0.478. The minimum Gasteiger partial charge on any atom is -0.497 e. The molecule has 2 heterocycles. The molecule has 0 amide bonds. The van der Waals surface area contributed by atoms with Crippen LogP contribution in [0, 0.1) is 5.92 Å². The molecule has 29 heavy (non-hydrogen) atoms. The van der Waals surface area contributed by atoms with Gasteiger partial charge < -0.3 is 19.1 Å². The minimum atomic E-state index is 0.582. The van der Waals surface area contributed by atoms with Gasteiger partial charge in [0.05, 0.1) is 7.11 Å². The molecule has 156 valence electrons. The third-order valence-electron chi connectivity index (χ3n) is 5.88. The molecule has 1 fully saturated rings. The summed E-state index contributed by atoms with van der Waals surface area (Å²) in [6.45, 7) is 4.40. The van der Waals surface area contributed by atoms with Crippen LogP contribution in [-0.4, -0.2) is 44.9 Å². The molecule has 2 aliphatic heterocycles. The minimum absolute atomic E-state index is 0.582. The molecule has 0 spiro atoms. The maximum atomic E-state index is 6.46. The topological polar surface area (TPSA) is 30.9 Å². The third-order valence-corrected chi connectivity index (χ3v) is 6.60. The monoisotopic (exact) mass is 435 g/mol. The van der Waals surface area contributed by atoms with E-state index in [0.717, 1.165) is 65.3 Å². The number of methoxy groups -OCH3 is 1. The van der Waals surface area contributed by atoms with E-state index in [9.17, 15) is 0 Å². The van der Waals surface area contributed by atoms with Crippen molar-refractivity contribution < 1.29 is 14.2 Å². The summed E-state index contributed by atoms with van der Waals surface area (Å²) >= 11 is 12.8. The number of hydrogen-bond acceptors (Lipinski definition) is 4. The number of ether oxygens (including phenoxy) is 3. The van der Waals surface area contributed by atoms with Crippen molar-refractivity contribution in [1.29, 1.82) is 0 Å². The van der Waals surface area contributed by atoms with Gasteiger partial charge in [0.25, 0.3) is 0 Å². The van der Waals surface area contributed by atoms with Crippen LogP contribution in [0.5, 0.6) is 17.2 Å². The summed E-state index contributed by atoms with van der Waals surface area (Å²) in [5.41, 5.74) is 2.31. The zero-order valence-corrected chi connectivity index (χ0v) is 18.3. The first-order valence-electron chi connectivity index (χ1n) is 10.2. The first-order valence-corrected chi connectivity index (χ1v) is 11.0. The van der Waals surface area contributed by atoms with Gasteiger partial charge in [-0.05, 0) is 80.1 Å². The SMILES string of the molecule is COc1ccc(Cl)c(CC2CCN(CCc3cc4c(cc3Cl)OCCO4)CC2)c1. The molecule has 4 rings (SSSR count). The number of hydrogen-bond donors (Lipinski definition) is 0. The molecular weight excluding hydrogens is 409 g/mol. The highest BCUT2D eigenvalue weighted by Gasteiger charge is 2.21. The van der Waals surface area contributed by atoms with Crippen molar-refractivity contribution in [2.45, 2.75) is 25.7 Å². The zero-order valence-electron chi connectivity index (χ0n) is 16.8. The summed E-state index contributed by atoms with van der Waals surface area (Å²) in [5.74, 6) is 3.10. The molecule has 0 radical (unpaired) electrons. The Morgan fingerprint density at radius 3 is 2.41 bits per heavy atom. The molecule has 0 aliphatic carbocycles. The van der Waals surface area contributed by atoms with E-state index in [1.54, 1.807) is 7.11 Å². The van der Waals surface area contributed by atoms with E-state index in [4.69, 9.17) is 37.4 Å². The maximum absolute atomic E-state index is 6.46. The second-order valence-corrected chi connectivity index (χ2v) is 8.60. The number of piperidine rings is 1. The summed E-state index contributed by atoms with van der Waals surface area (Å²) in [6.07, 6.45) is 4.30. The fourth-order valence-corrected chi connectivity index (χ4v) is 4.58. The summed E-state index contributed by atoms with van der Waals surface area (Å²) < 4.78 is 16.6. The normalized spacial score (nSPS) is 17.3. The Labute approximate surface area is 182 Å². The summed E-state index contributed by atoms with van der Waals surface area (Å²) in [7, 11) is 1.69. The van der Waals surface area contributed by atoms with Crippen LogP contribution in [0.15, 0.2) is 30.3 Å². The Bertz CT molecular complexity index is 850. The lowest BCUT2D eigenvalue weighted by Crippen LogP contribution is -2.35. The lowest BCUT2D eigenvalue weighted by Gasteiger charge is -2.32. The number of likely N-dealkylation sites (tertiary alicyclic amines) is 1. The number of nitrogens with zero attached hydrogens (tertiary/aromatic N) is 1. The van der Waals surface area contributed by atoms with Gasteiger partial charge in [-0.25, -0.2) is 0 Å². The van der Waals surface area contributed by atoms with Gasteiger partial charge in [-0.3, -0.25) is 0 Å². The maximum Gasteiger partial charge on any atom is 0.162 e. The zero-order chi connectivity index (χ0) is 20.2. The van der Waals surface area contributed by atoms with Gasteiger partial charge in [0, 0.05) is 22.7 Å². The van der Waals surface area contributed by atoms with Gasteiger partial charge >= 0.3 is 0 Å². The van der Waals surface area contributed by atoms with Crippen LogP contribution in [0.4, 0.5) is 0 Å². The lowest BCUT2D eigenvalue weighted by atomic mass is 9.90. The lowest BCUT2D eigenvalue weighted by molar-refractivity contribution is 0.171. The standard InChI is InChI=1S/C23H27Cl2NO3/c1-27-19-2-3-20(24)18(13-19)12-16-4-7-26(8-5-16)9-6-17-14-22-23(15-21(17)25)29-11-10-28-22/h2-3,13-16H,4-12H2,1H3. The molecule has 0 aromatic heterocycles. The average molecular weight is 436 g/mol. The van der Waals surface area contributed by atoms with E-state index in [1.165, 1.54) is 18.4 Å². The molecule has 0 atom stereocenters. The molecule has 1 saturated heterocycles. The van der Waals surface area contributed by atoms with Gasteiger partial charge in [-0.15, -0.1) is 0 Å². The van der Waals surface area contributed by atoms with Crippen LogP contribution in [0.3, 0.4) is 0 Å². The number of halogens is 2. The molecule has 4 nitrogen and oxygen atoms in total. The van der Waals surface area contributed by atoms with Crippen molar-refractivity contribution >= 4 is 23.2 Å². The molecule has 0 bridgehead atoms. The van der Waals surface area contributed by atoms with Crippen molar-refractivity contribution in [2.75, 3.05) is 40.0 Å². The quantitative estimate of drug-likeness (QED) is 0.618. The predicted octanol–water partition coefficient (Wildman–Crippen LogP) is 5.27. The van der Waals surface area contributed by atoms with Crippen molar-refractivity contribution in [3.8, 4) is 17.2 Å². The van der Waals surface area contributed by atoms with Gasteiger partial charge in [0.1, 0.15) is 19.0 Å². The first-order chi connectivity index (χ1) is 14.1. The van der Waals surface area contributed by atoms with Gasteiger partial charge in [-0.1, -0.05) is 23.2 Å². The van der Waals surface area contributed by atoms with E-state index >= 15 is 0 Å². The van der Waals surface area contributed by atoms with Crippen molar-refractivity contribution in [3.05, 3.63) is 51.5 Å². The molecule has 2 aromatic rings. The van der Waals surface area contributed by atoms with Crippen LogP contribution in [0.25, 0.3) is 0 Å². The van der Waals surface area contributed by atoms with Crippen LogP contribution in [0.2, 0.25) is 10.0 Å². The van der Waals surface area contributed by atoms with Crippen LogP contribution in [0.1, 0.15) is 24.0 Å². The van der Waals surface area contributed by atoms with E-state index in [0.29, 0.717) is 19.1 Å². The molecule has 6 heteroatoms. The smallest absolute Gasteiger partial charge is 0.162 e. The van der Waals surface area contributed by atoms with Crippen LogP contribution >= 0.6 is 23.2 Å². The van der Waals surface area contributed by atoms with Crippen molar-refractivity contribution in [3.63, 3.8) is 0 Å². The third kappa shape index (κ3) is 5.11. The highest BCUT2D eigenvalue weighted by molar-refractivity contribution is 6.31. The average Bonchev–Trinajstić information content (AvgIpc) is 2.75. The summed E-state index contributed by atoms with van der Waals surface area (Å²) in [4.78, 5) is 2.52. The van der Waals surface area contributed by atoms with Gasteiger partial charge in [0.15, 0.2) is 11.5 Å². The predicted molar refractivity (Wildman–Crippen MR) is 117 cm³/mol. The highest BCUT2D eigenvalue weighted by Crippen LogP contribution is 2.36. The molecule has 2 aliphatic rings. The van der Waals surface area contributed by atoms with Crippen LogP contribution in [-0.2, 0) is 12.8 Å². The Hall–Kier alpha value is -1.62. The largest absolute Gasteiger partial charge is 0.497 e. The Kier molecular flexibility index (Phi) is 6.74. The van der Waals surface area contributed by atoms with Crippen molar-refractivity contribution in [1.82, 2.24) is 4.90 Å². The Balaban J connectivity index is 1.28. The second kappa shape index (κ2) is 9.46. The summed E-state index contributed by atoms with van der Waals surface area (Å²) in [5, 5.41) is 1.60. The Morgan fingerprint density at radius 1 is 0.966 bits per heavy atom.